The summed E-state index contributed by atoms with van der Waals surface area (Å²) >= 11 is 3.40. The first-order valence-electron chi connectivity index (χ1n) is 9.41. The number of hydrogen-bond acceptors (Lipinski definition) is 2. The first-order chi connectivity index (χ1) is 13.0. The number of rotatable bonds is 5. The van der Waals surface area contributed by atoms with E-state index in [-0.39, 0.29) is 23.8 Å². The minimum Gasteiger partial charge on any atom is -0.347 e. The highest BCUT2D eigenvalue weighted by molar-refractivity contribution is 9.10. The van der Waals surface area contributed by atoms with Crippen molar-refractivity contribution >= 4 is 27.7 Å². The van der Waals surface area contributed by atoms with Crippen molar-refractivity contribution in [2.24, 2.45) is 5.92 Å². The largest absolute Gasteiger partial charge is 0.347 e. The van der Waals surface area contributed by atoms with E-state index in [9.17, 15) is 9.59 Å². The Morgan fingerprint density at radius 3 is 2.52 bits per heavy atom. The van der Waals surface area contributed by atoms with E-state index in [0.717, 1.165) is 19.3 Å². The molecule has 0 saturated carbocycles. The molecule has 0 bridgehead atoms. The Morgan fingerprint density at radius 1 is 1.07 bits per heavy atom. The van der Waals surface area contributed by atoms with Gasteiger partial charge in [0.05, 0.1) is 11.6 Å². The molecule has 1 aliphatic rings. The van der Waals surface area contributed by atoms with Crippen LogP contribution in [-0.2, 0) is 11.2 Å². The highest BCUT2D eigenvalue weighted by Crippen LogP contribution is 2.29. The third-order valence-corrected chi connectivity index (χ3v) is 5.73. The molecule has 0 heterocycles. The standard InChI is InChI=1S/C22H25BrN2O2/c1-14(2)20(25-21(26)17-11-5-6-12-18(17)23)22(27)24-19-13-7-9-15-8-3-4-10-16(15)19/h3-6,8,10-12,14,19-20H,7,9,13H2,1-2H3,(H,24,27)(H,25,26)/t19?,20-/m0/s1. The van der Waals surface area contributed by atoms with Crippen LogP contribution in [-0.4, -0.2) is 17.9 Å². The van der Waals surface area contributed by atoms with Crippen LogP contribution in [0, 0.1) is 5.92 Å². The third-order valence-electron chi connectivity index (χ3n) is 5.04. The van der Waals surface area contributed by atoms with Gasteiger partial charge >= 0.3 is 0 Å². The SMILES string of the molecule is CC(C)[C@H](NC(=O)c1ccccc1Br)C(=O)NC1CCCc2ccccc21. The smallest absolute Gasteiger partial charge is 0.253 e. The molecule has 0 radical (unpaired) electrons. The second-order valence-electron chi connectivity index (χ2n) is 7.33. The van der Waals surface area contributed by atoms with E-state index in [2.05, 4.69) is 38.7 Å². The first-order valence-corrected chi connectivity index (χ1v) is 10.2. The van der Waals surface area contributed by atoms with Crippen LogP contribution >= 0.6 is 15.9 Å². The minimum atomic E-state index is -0.585. The number of carbonyl (C=O) groups excluding carboxylic acids is 2. The van der Waals surface area contributed by atoms with Crippen LogP contribution in [0.5, 0.6) is 0 Å². The predicted molar refractivity (Wildman–Crippen MR) is 110 cm³/mol. The lowest BCUT2D eigenvalue weighted by Gasteiger charge is -2.29. The van der Waals surface area contributed by atoms with E-state index >= 15 is 0 Å². The number of amides is 2. The lowest BCUT2D eigenvalue weighted by Crippen LogP contribution is -2.50. The molecule has 2 aromatic rings. The first kappa shape index (κ1) is 19.6. The fraction of sp³-hybridized carbons (Fsp3) is 0.364. The number of aryl methyl sites for hydroxylation is 1. The average Bonchev–Trinajstić information content (AvgIpc) is 2.66. The monoisotopic (exact) mass is 428 g/mol. The molecule has 0 aromatic heterocycles. The molecular formula is C22H25BrN2O2. The normalized spacial score (nSPS) is 17.1. The zero-order chi connectivity index (χ0) is 19.4. The van der Waals surface area contributed by atoms with Crippen molar-refractivity contribution < 1.29 is 9.59 Å². The van der Waals surface area contributed by atoms with Gasteiger partial charge in [0.25, 0.3) is 5.91 Å². The van der Waals surface area contributed by atoms with Gasteiger partial charge in [0.1, 0.15) is 6.04 Å². The summed E-state index contributed by atoms with van der Waals surface area (Å²) in [5.74, 6) is -0.400. The summed E-state index contributed by atoms with van der Waals surface area (Å²) in [6.45, 7) is 3.89. The second kappa shape index (κ2) is 8.70. The molecular weight excluding hydrogens is 404 g/mol. The summed E-state index contributed by atoms with van der Waals surface area (Å²) in [5.41, 5.74) is 3.02. The zero-order valence-electron chi connectivity index (χ0n) is 15.7. The Labute approximate surface area is 168 Å². The van der Waals surface area contributed by atoms with Crippen LogP contribution in [0.3, 0.4) is 0 Å². The van der Waals surface area contributed by atoms with Gasteiger partial charge in [0.2, 0.25) is 5.91 Å². The minimum absolute atomic E-state index is 0.00376. The zero-order valence-corrected chi connectivity index (χ0v) is 17.3. The quantitative estimate of drug-likeness (QED) is 0.741. The molecule has 5 heteroatoms. The number of carbonyl (C=O) groups is 2. The van der Waals surface area contributed by atoms with Crippen molar-refractivity contribution in [2.45, 2.75) is 45.2 Å². The van der Waals surface area contributed by atoms with E-state index in [4.69, 9.17) is 0 Å². The lowest BCUT2D eigenvalue weighted by atomic mass is 9.87. The maximum atomic E-state index is 13.0. The summed E-state index contributed by atoms with van der Waals surface area (Å²) < 4.78 is 0.714. The number of hydrogen-bond donors (Lipinski definition) is 2. The highest BCUT2D eigenvalue weighted by Gasteiger charge is 2.29. The van der Waals surface area contributed by atoms with Crippen molar-refractivity contribution in [3.63, 3.8) is 0 Å². The second-order valence-corrected chi connectivity index (χ2v) is 8.18. The van der Waals surface area contributed by atoms with Crippen LogP contribution in [0.25, 0.3) is 0 Å². The molecule has 4 nitrogen and oxygen atoms in total. The molecule has 3 rings (SSSR count). The Morgan fingerprint density at radius 2 is 1.78 bits per heavy atom. The highest BCUT2D eigenvalue weighted by atomic mass is 79.9. The van der Waals surface area contributed by atoms with Gasteiger partial charge in [-0.25, -0.2) is 0 Å². The summed E-state index contributed by atoms with van der Waals surface area (Å²) in [6.07, 6.45) is 3.03. The number of nitrogens with one attached hydrogen (secondary N) is 2. The van der Waals surface area contributed by atoms with Crippen LogP contribution in [0.1, 0.15) is 54.2 Å². The Hall–Kier alpha value is -2.14. The summed E-state index contributed by atoms with van der Waals surface area (Å²) in [5, 5.41) is 6.07. The molecule has 0 saturated heterocycles. The average molecular weight is 429 g/mol. The van der Waals surface area contributed by atoms with Crippen LogP contribution in [0.2, 0.25) is 0 Å². The van der Waals surface area contributed by atoms with Gasteiger partial charge in [-0.2, -0.15) is 0 Å². The molecule has 1 aliphatic carbocycles. The predicted octanol–water partition coefficient (Wildman–Crippen LogP) is 4.40. The molecule has 0 spiro atoms. The number of halogens is 1. The number of fused-ring (bicyclic) bond motifs is 1. The molecule has 2 atom stereocenters. The van der Waals surface area contributed by atoms with Gasteiger partial charge in [-0.15, -0.1) is 0 Å². The van der Waals surface area contributed by atoms with Gasteiger partial charge in [-0.3, -0.25) is 9.59 Å². The molecule has 1 unspecified atom stereocenters. The van der Waals surface area contributed by atoms with Gasteiger partial charge in [0, 0.05) is 4.47 Å². The van der Waals surface area contributed by atoms with Gasteiger partial charge < -0.3 is 10.6 Å². The maximum absolute atomic E-state index is 13.0. The molecule has 142 valence electrons. The van der Waals surface area contributed by atoms with E-state index in [1.807, 2.05) is 44.2 Å². The van der Waals surface area contributed by atoms with Gasteiger partial charge in [0.15, 0.2) is 0 Å². The van der Waals surface area contributed by atoms with Crippen LogP contribution in [0.4, 0.5) is 0 Å². The maximum Gasteiger partial charge on any atom is 0.253 e. The van der Waals surface area contributed by atoms with Gasteiger partial charge in [-0.1, -0.05) is 50.2 Å². The molecule has 27 heavy (non-hydrogen) atoms. The van der Waals surface area contributed by atoms with Crippen LogP contribution < -0.4 is 10.6 Å². The third kappa shape index (κ3) is 4.59. The van der Waals surface area contributed by atoms with E-state index < -0.39 is 6.04 Å². The summed E-state index contributed by atoms with van der Waals surface area (Å²) in [4.78, 5) is 25.6. The van der Waals surface area contributed by atoms with E-state index in [1.165, 1.54) is 11.1 Å². The molecule has 2 N–H and O–H groups in total. The van der Waals surface area contributed by atoms with Crippen molar-refractivity contribution in [1.82, 2.24) is 10.6 Å². The van der Waals surface area contributed by atoms with Crippen LogP contribution in [0.15, 0.2) is 53.0 Å². The number of benzene rings is 2. The Kier molecular flexibility index (Phi) is 6.32. The molecule has 0 fully saturated rings. The fourth-order valence-electron chi connectivity index (χ4n) is 3.56. The lowest BCUT2D eigenvalue weighted by molar-refractivity contribution is -0.124. The molecule has 0 aliphatic heterocycles. The van der Waals surface area contributed by atoms with Gasteiger partial charge in [-0.05, 0) is 64.4 Å². The Bertz CT molecular complexity index is 835. The topological polar surface area (TPSA) is 58.2 Å². The van der Waals surface area contributed by atoms with E-state index in [0.29, 0.717) is 10.0 Å². The fourth-order valence-corrected chi connectivity index (χ4v) is 4.03. The summed E-state index contributed by atoms with van der Waals surface area (Å²) in [6, 6.07) is 14.9. The van der Waals surface area contributed by atoms with Crippen molar-refractivity contribution in [3.05, 3.63) is 69.7 Å². The molecule has 2 amide bonds. The van der Waals surface area contributed by atoms with Crippen molar-refractivity contribution in [3.8, 4) is 0 Å². The van der Waals surface area contributed by atoms with Crippen molar-refractivity contribution in [2.75, 3.05) is 0 Å². The van der Waals surface area contributed by atoms with E-state index in [1.54, 1.807) is 6.07 Å². The van der Waals surface area contributed by atoms with Crippen molar-refractivity contribution in [1.29, 1.82) is 0 Å². The summed E-state index contributed by atoms with van der Waals surface area (Å²) in [7, 11) is 0. The Balaban J connectivity index is 1.73. The molecule has 2 aromatic carbocycles.